The van der Waals surface area contributed by atoms with Crippen molar-refractivity contribution < 1.29 is 55.6 Å². The standard InChI is InChI=1S/Ni.S.2W. The van der Waals surface area contributed by atoms with E-state index in [1.54, 1.807) is 0 Å². The van der Waals surface area contributed by atoms with Crippen molar-refractivity contribution in [2.45, 2.75) is 0 Å². The fourth-order valence-electron chi connectivity index (χ4n) is 0. The molecule has 4 heavy (non-hydrogen) atoms. The number of hydrogen-bond acceptors (Lipinski definition) is 1. The van der Waals surface area contributed by atoms with Crippen LogP contribution >= 0.6 is 9.82 Å². The largest absolute Gasteiger partial charge is 0 e. The third-order valence-electron chi connectivity index (χ3n) is 0. The van der Waals surface area contributed by atoms with Crippen molar-refractivity contribution in [3.8, 4) is 0 Å². The maximum atomic E-state index is 4.17. The Morgan fingerprint density at radius 1 is 1.25 bits per heavy atom. The second-order valence-electron chi connectivity index (χ2n) is 0. The van der Waals surface area contributed by atoms with Crippen LogP contribution in [0, 0.1) is 0 Å². The molecule has 0 radical (unpaired) electrons. The Balaban J connectivity index is -0.00000000500. The predicted octanol–water partition coefficient (Wildman–Crippen LogP) is 0.641. The summed E-state index contributed by atoms with van der Waals surface area (Å²) >= 11 is 1.17. The van der Waals surface area contributed by atoms with Gasteiger partial charge >= 0.3 is 27.8 Å². The summed E-state index contributed by atoms with van der Waals surface area (Å²) in [5, 5.41) is 0. The summed E-state index contributed by atoms with van der Waals surface area (Å²) in [6.45, 7) is 0. The molecule has 0 atom stereocenters. The monoisotopic (exact) mass is 458 g/mol. The van der Waals surface area contributed by atoms with Crippen LogP contribution in [-0.4, -0.2) is 0 Å². The van der Waals surface area contributed by atoms with E-state index in [4.69, 9.17) is 0 Å². The molecule has 0 aliphatic carbocycles. The van der Waals surface area contributed by atoms with Crippen molar-refractivity contribution in [1.29, 1.82) is 0 Å². The summed E-state index contributed by atoms with van der Waals surface area (Å²) in [5.41, 5.74) is 0. The Bertz CT molecular complexity index is 6.00. The van der Waals surface area contributed by atoms with E-state index in [1.165, 1.54) is 18.0 Å². The molecule has 0 nitrogen and oxygen atoms in total. The topological polar surface area (TPSA) is 0 Å². The molecule has 0 spiro atoms. The quantitative estimate of drug-likeness (QED) is 0.481. The number of rotatable bonds is 0. The van der Waals surface area contributed by atoms with Crippen LogP contribution in [0.25, 0.3) is 0 Å². The van der Waals surface area contributed by atoms with Crippen LogP contribution in [-0.2, 0) is 55.6 Å². The van der Waals surface area contributed by atoms with Gasteiger partial charge < -0.3 is 0 Å². The molecule has 0 rings (SSSR count). The molecule has 0 aromatic rings. The van der Waals surface area contributed by atoms with Gasteiger partial charge in [0.15, 0.2) is 0 Å². The van der Waals surface area contributed by atoms with E-state index in [0.717, 1.165) is 0 Å². The van der Waals surface area contributed by atoms with Crippen LogP contribution < -0.4 is 0 Å². The SMILES string of the molecule is [Ni].[S]=[W].[W]. The first kappa shape index (κ1) is 16.5. The van der Waals surface area contributed by atoms with Gasteiger partial charge in [-0.25, -0.2) is 0 Å². The first-order valence-corrected chi connectivity index (χ1v) is 4.09. The fourth-order valence-corrected chi connectivity index (χ4v) is 0. The van der Waals surface area contributed by atoms with Crippen molar-refractivity contribution >= 4 is 9.82 Å². The van der Waals surface area contributed by atoms with Gasteiger partial charge in [0, 0.05) is 37.6 Å². The van der Waals surface area contributed by atoms with Crippen LogP contribution in [0.1, 0.15) is 0 Å². The number of hydrogen-bond donors (Lipinski definition) is 0. The molecule has 0 fully saturated rings. The van der Waals surface area contributed by atoms with Gasteiger partial charge in [0.25, 0.3) is 0 Å². The van der Waals surface area contributed by atoms with Gasteiger partial charge in [-0.15, -0.1) is 0 Å². The molecule has 0 saturated heterocycles. The third kappa shape index (κ3) is 8.94. The normalized spacial score (nSPS) is 1.00. The van der Waals surface area contributed by atoms with Crippen LogP contribution in [0.4, 0.5) is 0 Å². The zero-order chi connectivity index (χ0) is 2.00. The Morgan fingerprint density at radius 3 is 1.25 bits per heavy atom. The molecule has 0 aromatic carbocycles. The van der Waals surface area contributed by atoms with E-state index in [1.807, 2.05) is 0 Å². The molecule has 0 amide bonds. The summed E-state index contributed by atoms with van der Waals surface area (Å²) in [7, 11) is 4.17. The average Bonchev–Trinajstić information content (AvgIpc) is 1.00. The molecule has 0 unspecified atom stereocenters. The van der Waals surface area contributed by atoms with Gasteiger partial charge in [0.05, 0.1) is 0 Å². The molecule has 0 aromatic heterocycles. The van der Waals surface area contributed by atoms with Gasteiger partial charge in [-0.1, -0.05) is 0 Å². The second kappa shape index (κ2) is 19.5. The maximum absolute atomic E-state index is 4.17. The molecule has 0 N–H and O–H groups in total. The summed E-state index contributed by atoms with van der Waals surface area (Å²) < 4.78 is 0. The molecule has 0 bridgehead atoms. The molecular formula is NiSW2. The molecule has 0 aliphatic heterocycles. The smallest absolute Gasteiger partial charge is 0 e. The van der Waals surface area contributed by atoms with Crippen LogP contribution in [0.3, 0.4) is 0 Å². The van der Waals surface area contributed by atoms with Crippen molar-refractivity contribution in [2.75, 3.05) is 0 Å². The summed E-state index contributed by atoms with van der Waals surface area (Å²) in [5.74, 6) is 0. The van der Waals surface area contributed by atoms with E-state index in [9.17, 15) is 0 Å². The molecule has 4 heteroatoms. The van der Waals surface area contributed by atoms with E-state index in [-0.39, 0.29) is 37.6 Å². The minimum absolute atomic E-state index is 0. The van der Waals surface area contributed by atoms with Gasteiger partial charge in [-0.05, 0) is 0 Å². The van der Waals surface area contributed by atoms with Gasteiger partial charge in [0.1, 0.15) is 0 Å². The van der Waals surface area contributed by atoms with Gasteiger partial charge in [-0.3, -0.25) is 0 Å². The zero-order valence-electron chi connectivity index (χ0n) is 1.54. The molecule has 28 valence electrons. The van der Waals surface area contributed by atoms with Gasteiger partial charge in [-0.2, -0.15) is 0 Å². The van der Waals surface area contributed by atoms with E-state index >= 15 is 0 Å². The molecule has 0 saturated carbocycles. The van der Waals surface area contributed by atoms with Crippen molar-refractivity contribution in [3.05, 3.63) is 0 Å². The van der Waals surface area contributed by atoms with Crippen molar-refractivity contribution in [2.24, 2.45) is 0 Å². The Kier molecular flexibility index (Phi) is 80.5. The predicted molar refractivity (Wildman–Crippen MR) is 7.59 cm³/mol. The Morgan fingerprint density at radius 2 is 1.25 bits per heavy atom. The summed E-state index contributed by atoms with van der Waals surface area (Å²) in [6.07, 6.45) is 0. The summed E-state index contributed by atoms with van der Waals surface area (Å²) in [4.78, 5) is 0. The molecule has 0 aliphatic rings. The second-order valence-corrected chi connectivity index (χ2v) is 0. The molecule has 0 heterocycles. The fraction of sp³-hybridized carbons (Fsp3) is 0. The third-order valence-corrected chi connectivity index (χ3v) is 0. The minimum atomic E-state index is 0. The maximum Gasteiger partial charge on any atom is 0 e. The van der Waals surface area contributed by atoms with E-state index < -0.39 is 0 Å². The molecular weight excluding hydrogens is 458 g/mol. The first-order chi connectivity index (χ1) is 1.00. The first-order valence-electron chi connectivity index (χ1n) is 0.167. The van der Waals surface area contributed by atoms with Crippen LogP contribution in [0.2, 0.25) is 0 Å². The van der Waals surface area contributed by atoms with Crippen LogP contribution in [0.15, 0.2) is 0 Å². The van der Waals surface area contributed by atoms with E-state index in [2.05, 4.69) is 9.82 Å². The average molecular weight is 458 g/mol. The Hall–Kier alpha value is 2.09. The summed E-state index contributed by atoms with van der Waals surface area (Å²) in [6, 6.07) is 0. The van der Waals surface area contributed by atoms with Crippen molar-refractivity contribution in [1.82, 2.24) is 0 Å². The van der Waals surface area contributed by atoms with Crippen LogP contribution in [0.5, 0.6) is 0 Å². The van der Waals surface area contributed by atoms with Gasteiger partial charge in [0.2, 0.25) is 0 Å². The Labute approximate surface area is 64.6 Å². The van der Waals surface area contributed by atoms with E-state index in [0.29, 0.717) is 0 Å². The minimum Gasteiger partial charge on any atom is 0 e. The zero-order valence-corrected chi connectivity index (χ0v) is 9.21. The van der Waals surface area contributed by atoms with Crippen molar-refractivity contribution in [3.63, 3.8) is 0 Å².